The van der Waals surface area contributed by atoms with Gasteiger partial charge in [-0.2, -0.15) is 0 Å². The SMILES string of the molecule is CC(C)[C@H](NC(=O)C(C)(C)/C=C/c1ccc2ccc([C@@H](C)O)nc2c1)C(=O)N[C@@H](C)C(=O)N1CCC[C@@H](C(=O)O)N1. The standard InChI is InChI=1S/C30H41N5O6/c1-17(2)25(26(37)31-18(3)27(38)35-15-7-8-23(34-35)28(39)40)33-29(41)30(5,6)14-13-20-9-10-21-11-12-22(19(4)36)32-24(21)16-20/h9-14,16-19,23,25,34,36H,7-8,15H2,1-6H3,(H,31,37)(H,33,41)(H,39,40)/b14-13+/t18-,19+,23-,25-/m0/s1. The zero-order valence-electron chi connectivity index (χ0n) is 24.5. The quantitative estimate of drug-likeness (QED) is 0.293. The number of hydrazine groups is 1. The lowest BCUT2D eigenvalue weighted by Crippen LogP contribution is -2.61. The molecular weight excluding hydrogens is 526 g/mol. The van der Waals surface area contributed by atoms with E-state index < -0.39 is 47.4 Å². The van der Waals surface area contributed by atoms with Gasteiger partial charge in [0, 0.05) is 11.9 Å². The number of hydrogen-bond acceptors (Lipinski definition) is 7. The van der Waals surface area contributed by atoms with Crippen LogP contribution in [0.3, 0.4) is 0 Å². The largest absolute Gasteiger partial charge is 0.480 e. The number of benzene rings is 1. The molecule has 11 nitrogen and oxygen atoms in total. The molecule has 3 rings (SSSR count). The highest BCUT2D eigenvalue weighted by atomic mass is 16.4. The molecule has 5 N–H and O–H groups in total. The fraction of sp³-hybridized carbons (Fsp3) is 0.500. The van der Waals surface area contributed by atoms with Gasteiger partial charge in [-0.15, -0.1) is 0 Å². The molecule has 0 unspecified atom stereocenters. The molecule has 0 radical (unpaired) electrons. The van der Waals surface area contributed by atoms with Crippen molar-refractivity contribution in [2.45, 2.75) is 78.6 Å². The molecule has 2 aromatic rings. The maximum Gasteiger partial charge on any atom is 0.322 e. The van der Waals surface area contributed by atoms with E-state index in [1.165, 1.54) is 11.9 Å². The van der Waals surface area contributed by atoms with Crippen molar-refractivity contribution >= 4 is 40.7 Å². The Hall–Kier alpha value is -3.83. The molecule has 222 valence electrons. The van der Waals surface area contributed by atoms with E-state index >= 15 is 0 Å². The van der Waals surface area contributed by atoms with E-state index in [0.717, 1.165) is 16.5 Å². The van der Waals surface area contributed by atoms with Gasteiger partial charge in [0.25, 0.3) is 5.91 Å². The second kappa shape index (κ2) is 13.2. The predicted octanol–water partition coefficient (Wildman–Crippen LogP) is 2.55. The Labute approximate surface area is 240 Å². The van der Waals surface area contributed by atoms with Gasteiger partial charge in [-0.1, -0.05) is 44.2 Å². The van der Waals surface area contributed by atoms with Crippen molar-refractivity contribution in [3.05, 3.63) is 47.7 Å². The van der Waals surface area contributed by atoms with Crippen LogP contribution in [-0.4, -0.2) is 68.6 Å². The van der Waals surface area contributed by atoms with Crippen LogP contribution in [0.5, 0.6) is 0 Å². The lowest BCUT2D eigenvalue weighted by Gasteiger charge is -2.34. The third-order valence-electron chi connectivity index (χ3n) is 7.16. The van der Waals surface area contributed by atoms with E-state index in [0.29, 0.717) is 25.1 Å². The van der Waals surface area contributed by atoms with Crippen LogP contribution in [0.2, 0.25) is 0 Å². The van der Waals surface area contributed by atoms with E-state index in [-0.39, 0.29) is 11.8 Å². The number of aliphatic carboxylic acids is 1. The first-order valence-electron chi connectivity index (χ1n) is 13.9. The Morgan fingerprint density at radius 1 is 1.10 bits per heavy atom. The first-order valence-corrected chi connectivity index (χ1v) is 13.9. The molecular formula is C30H41N5O6. The highest BCUT2D eigenvalue weighted by molar-refractivity contribution is 5.94. The number of amides is 3. The first kappa shape index (κ1) is 31.7. The maximum atomic E-state index is 13.3. The van der Waals surface area contributed by atoms with Crippen LogP contribution in [0.15, 0.2) is 36.4 Å². The molecule has 1 aromatic heterocycles. The molecule has 0 spiro atoms. The zero-order chi connectivity index (χ0) is 30.5. The number of aliphatic hydroxyl groups is 1. The van der Waals surface area contributed by atoms with E-state index in [2.05, 4.69) is 21.0 Å². The number of carbonyl (C=O) groups is 4. The van der Waals surface area contributed by atoms with Crippen molar-refractivity contribution in [3.63, 3.8) is 0 Å². The molecule has 1 aliphatic rings. The Kier molecular flexibility index (Phi) is 10.2. The summed E-state index contributed by atoms with van der Waals surface area (Å²) >= 11 is 0. The van der Waals surface area contributed by atoms with Crippen LogP contribution >= 0.6 is 0 Å². The first-order chi connectivity index (χ1) is 19.2. The van der Waals surface area contributed by atoms with Crippen molar-refractivity contribution in [2.75, 3.05) is 6.54 Å². The summed E-state index contributed by atoms with van der Waals surface area (Å²) < 4.78 is 0. The number of carboxylic acids is 1. The molecule has 4 atom stereocenters. The summed E-state index contributed by atoms with van der Waals surface area (Å²) in [6.07, 6.45) is 3.83. The average Bonchev–Trinajstić information content (AvgIpc) is 2.93. The number of nitrogens with zero attached hydrogens (tertiary/aromatic N) is 2. The molecule has 1 fully saturated rings. The number of carboxylic acid groups (broad SMARTS) is 1. The predicted molar refractivity (Wildman–Crippen MR) is 155 cm³/mol. The monoisotopic (exact) mass is 567 g/mol. The van der Waals surface area contributed by atoms with Crippen LogP contribution in [0.25, 0.3) is 17.0 Å². The van der Waals surface area contributed by atoms with Crippen molar-refractivity contribution in [3.8, 4) is 0 Å². The minimum Gasteiger partial charge on any atom is -0.480 e. The fourth-order valence-corrected chi connectivity index (χ4v) is 4.45. The Morgan fingerprint density at radius 2 is 1.78 bits per heavy atom. The molecule has 11 heteroatoms. The maximum absolute atomic E-state index is 13.3. The van der Waals surface area contributed by atoms with Crippen LogP contribution in [0, 0.1) is 11.3 Å². The number of rotatable bonds is 10. The van der Waals surface area contributed by atoms with E-state index in [4.69, 9.17) is 0 Å². The molecule has 0 aliphatic carbocycles. The van der Waals surface area contributed by atoms with Gasteiger partial charge in [-0.3, -0.25) is 29.2 Å². The number of aromatic nitrogens is 1. The Morgan fingerprint density at radius 3 is 2.41 bits per heavy atom. The summed E-state index contributed by atoms with van der Waals surface area (Å²) in [5.74, 6) is -2.62. The van der Waals surface area contributed by atoms with Gasteiger partial charge < -0.3 is 20.8 Å². The van der Waals surface area contributed by atoms with Gasteiger partial charge in [-0.25, -0.2) is 5.43 Å². The summed E-state index contributed by atoms with van der Waals surface area (Å²) in [5, 5.41) is 26.8. The summed E-state index contributed by atoms with van der Waals surface area (Å²) in [5.41, 5.74) is 3.86. The van der Waals surface area contributed by atoms with Gasteiger partial charge in [0.05, 0.1) is 22.7 Å². The number of carbonyl (C=O) groups excluding carboxylic acids is 3. The minimum atomic E-state index is -1.04. The van der Waals surface area contributed by atoms with Crippen molar-refractivity contribution in [1.82, 2.24) is 26.1 Å². The molecule has 1 aliphatic heterocycles. The number of fused-ring (bicyclic) bond motifs is 1. The fourth-order valence-electron chi connectivity index (χ4n) is 4.45. The molecule has 0 bridgehead atoms. The third-order valence-corrected chi connectivity index (χ3v) is 7.16. The van der Waals surface area contributed by atoms with Gasteiger partial charge >= 0.3 is 5.97 Å². The van der Waals surface area contributed by atoms with Gasteiger partial charge in [0.1, 0.15) is 18.1 Å². The van der Waals surface area contributed by atoms with Crippen LogP contribution < -0.4 is 16.1 Å². The van der Waals surface area contributed by atoms with E-state index in [1.807, 2.05) is 30.3 Å². The highest BCUT2D eigenvalue weighted by Crippen LogP contribution is 2.23. The highest BCUT2D eigenvalue weighted by Gasteiger charge is 2.34. The summed E-state index contributed by atoms with van der Waals surface area (Å²) in [4.78, 5) is 55.1. The van der Waals surface area contributed by atoms with Crippen molar-refractivity contribution < 1.29 is 29.4 Å². The van der Waals surface area contributed by atoms with Crippen molar-refractivity contribution in [1.29, 1.82) is 0 Å². The molecule has 3 amide bonds. The molecule has 1 saturated heterocycles. The lowest BCUT2D eigenvalue weighted by atomic mass is 9.89. The summed E-state index contributed by atoms with van der Waals surface area (Å²) in [6, 6.07) is 6.72. The number of hydrogen-bond donors (Lipinski definition) is 5. The average molecular weight is 568 g/mol. The Bertz CT molecular complexity index is 1320. The smallest absolute Gasteiger partial charge is 0.322 e. The molecule has 2 heterocycles. The molecule has 1 aromatic carbocycles. The van der Waals surface area contributed by atoms with Gasteiger partial charge in [0.2, 0.25) is 11.8 Å². The normalized spacial score (nSPS) is 18.2. The van der Waals surface area contributed by atoms with Crippen LogP contribution in [0.4, 0.5) is 0 Å². The van der Waals surface area contributed by atoms with Gasteiger partial charge in [-0.05, 0) is 64.2 Å². The molecule has 0 saturated carbocycles. The summed E-state index contributed by atoms with van der Waals surface area (Å²) in [6.45, 7) is 10.6. The Balaban J connectivity index is 1.66. The van der Waals surface area contributed by atoms with Gasteiger partial charge in [0.15, 0.2) is 0 Å². The van der Waals surface area contributed by atoms with E-state index in [9.17, 15) is 29.4 Å². The number of aliphatic hydroxyl groups excluding tert-OH is 1. The van der Waals surface area contributed by atoms with Crippen molar-refractivity contribution in [2.24, 2.45) is 11.3 Å². The number of nitrogens with one attached hydrogen (secondary N) is 3. The van der Waals surface area contributed by atoms with Crippen LogP contribution in [-0.2, 0) is 19.2 Å². The summed E-state index contributed by atoms with van der Waals surface area (Å²) in [7, 11) is 0. The lowest BCUT2D eigenvalue weighted by molar-refractivity contribution is -0.148. The van der Waals surface area contributed by atoms with E-state index in [1.54, 1.807) is 46.8 Å². The number of pyridine rings is 1. The van der Waals surface area contributed by atoms with Crippen LogP contribution in [0.1, 0.15) is 71.7 Å². The minimum absolute atomic E-state index is 0.264. The second-order valence-electron chi connectivity index (χ2n) is 11.5. The third kappa shape index (κ3) is 8.11. The topological polar surface area (TPSA) is 161 Å². The zero-order valence-corrected chi connectivity index (χ0v) is 24.5. The molecule has 41 heavy (non-hydrogen) atoms. The second-order valence-corrected chi connectivity index (χ2v) is 11.5.